The summed E-state index contributed by atoms with van der Waals surface area (Å²) in [4.78, 5) is 0. The summed E-state index contributed by atoms with van der Waals surface area (Å²) < 4.78 is 7.51. The summed E-state index contributed by atoms with van der Waals surface area (Å²) in [6.07, 6.45) is 9.53. The van der Waals surface area contributed by atoms with E-state index in [1.54, 1.807) is 7.11 Å². The molecule has 2 N–H and O–H groups in total. The molecule has 2 unspecified atom stereocenters. The second-order valence-corrected chi connectivity index (χ2v) is 4.83. The zero-order valence-electron chi connectivity index (χ0n) is 10.3. The Labute approximate surface area is 97.6 Å². The monoisotopic (exact) mass is 222 g/mol. The Hall–Kier alpha value is -0.800. The maximum atomic E-state index is 6.18. The third kappa shape index (κ3) is 2.47. The van der Waals surface area contributed by atoms with E-state index >= 15 is 0 Å². The minimum atomic E-state index is 0.233. The van der Waals surface area contributed by atoms with Crippen LogP contribution in [0.1, 0.15) is 43.4 Å². The van der Waals surface area contributed by atoms with Crippen LogP contribution < -0.4 is 5.73 Å². The van der Waals surface area contributed by atoms with Gasteiger partial charge in [0.05, 0.1) is 6.10 Å². The molecular weight excluding hydrogens is 200 g/mol. The number of hydrogen-bond donors (Lipinski definition) is 1. The number of hydrogen-bond acceptors (Lipinski definition) is 2. The summed E-state index contributed by atoms with van der Waals surface area (Å²) in [5.74, 6) is 0. The number of fused-ring (bicyclic) bond motifs is 1. The Morgan fingerprint density at radius 2 is 2.31 bits per heavy atom. The average Bonchev–Trinajstić information content (AvgIpc) is 2.59. The van der Waals surface area contributed by atoms with Gasteiger partial charge in [-0.05, 0) is 37.3 Å². The summed E-state index contributed by atoms with van der Waals surface area (Å²) in [5, 5.41) is 0. The highest BCUT2D eigenvalue weighted by atomic mass is 16.5. The largest absolute Gasteiger partial charge is 0.380 e. The summed E-state index contributed by atoms with van der Waals surface area (Å²) in [6, 6.07) is 0.233. The van der Waals surface area contributed by atoms with Gasteiger partial charge in [0.1, 0.15) is 0 Å². The van der Waals surface area contributed by atoms with E-state index in [4.69, 9.17) is 10.5 Å². The van der Waals surface area contributed by atoms with E-state index in [0.29, 0.717) is 0 Å². The third-order valence-electron chi connectivity index (χ3n) is 3.48. The number of aromatic nitrogens is 1. The lowest BCUT2D eigenvalue weighted by atomic mass is 10.1. The second kappa shape index (κ2) is 5.02. The van der Waals surface area contributed by atoms with Crippen molar-refractivity contribution in [2.75, 3.05) is 7.11 Å². The van der Waals surface area contributed by atoms with E-state index in [1.807, 2.05) is 0 Å². The predicted octanol–water partition coefficient (Wildman–Crippen LogP) is 2.25. The maximum absolute atomic E-state index is 6.18. The standard InChI is InChI=1S/C13H22N2O/c1-10(16-2)7-15-8-11-5-3-4-6-13(14)12(11)9-15/h8-10,13H,3-7,14H2,1-2H3. The van der Waals surface area contributed by atoms with Crippen LogP contribution >= 0.6 is 0 Å². The van der Waals surface area contributed by atoms with Crippen LogP contribution in [-0.4, -0.2) is 17.8 Å². The summed E-state index contributed by atoms with van der Waals surface area (Å²) in [6.45, 7) is 3.00. The van der Waals surface area contributed by atoms with E-state index in [-0.39, 0.29) is 12.1 Å². The fourth-order valence-corrected chi connectivity index (χ4v) is 2.43. The Bertz CT molecular complexity index is 346. The smallest absolute Gasteiger partial charge is 0.0721 e. The van der Waals surface area contributed by atoms with Gasteiger partial charge in [-0.1, -0.05) is 6.42 Å². The molecule has 1 aliphatic rings. The summed E-state index contributed by atoms with van der Waals surface area (Å²) in [7, 11) is 1.75. The van der Waals surface area contributed by atoms with Gasteiger partial charge in [-0.25, -0.2) is 0 Å². The van der Waals surface area contributed by atoms with Crippen molar-refractivity contribution in [3.8, 4) is 0 Å². The van der Waals surface area contributed by atoms with Crippen LogP contribution in [0.15, 0.2) is 12.4 Å². The minimum Gasteiger partial charge on any atom is -0.380 e. The first-order valence-corrected chi connectivity index (χ1v) is 6.17. The zero-order chi connectivity index (χ0) is 11.5. The Morgan fingerprint density at radius 1 is 1.50 bits per heavy atom. The number of nitrogens with two attached hydrogens (primary N) is 1. The highest BCUT2D eigenvalue weighted by molar-refractivity contribution is 5.28. The van der Waals surface area contributed by atoms with Crippen molar-refractivity contribution in [3.05, 3.63) is 23.5 Å². The van der Waals surface area contributed by atoms with Gasteiger partial charge in [-0.3, -0.25) is 0 Å². The number of rotatable bonds is 3. The molecule has 0 saturated carbocycles. The predicted molar refractivity (Wildman–Crippen MR) is 65.4 cm³/mol. The van der Waals surface area contributed by atoms with Crippen LogP contribution in [0.3, 0.4) is 0 Å². The van der Waals surface area contributed by atoms with Crippen molar-refractivity contribution in [1.29, 1.82) is 0 Å². The molecule has 0 amide bonds. The molecule has 0 fully saturated rings. The van der Waals surface area contributed by atoms with Crippen molar-refractivity contribution < 1.29 is 4.74 Å². The van der Waals surface area contributed by atoms with Crippen LogP contribution in [0.4, 0.5) is 0 Å². The summed E-state index contributed by atoms with van der Waals surface area (Å²) in [5.41, 5.74) is 8.96. The molecule has 3 nitrogen and oxygen atoms in total. The first-order chi connectivity index (χ1) is 7.70. The molecule has 16 heavy (non-hydrogen) atoms. The van der Waals surface area contributed by atoms with Gasteiger partial charge in [-0.15, -0.1) is 0 Å². The molecule has 1 heterocycles. The van der Waals surface area contributed by atoms with E-state index in [0.717, 1.165) is 13.0 Å². The third-order valence-corrected chi connectivity index (χ3v) is 3.48. The second-order valence-electron chi connectivity index (χ2n) is 4.83. The number of aryl methyl sites for hydroxylation is 1. The molecule has 90 valence electrons. The van der Waals surface area contributed by atoms with Crippen molar-refractivity contribution in [3.63, 3.8) is 0 Å². The molecule has 1 aromatic rings. The van der Waals surface area contributed by atoms with E-state index in [9.17, 15) is 0 Å². The van der Waals surface area contributed by atoms with E-state index < -0.39 is 0 Å². The van der Waals surface area contributed by atoms with Crippen molar-refractivity contribution in [2.24, 2.45) is 5.73 Å². The van der Waals surface area contributed by atoms with Crippen molar-refractivity contribution in [2.45, 2.75) is 51.3 Å². The van der Waals surface area contributed by atoms with Crippen LogP contribution in [0.2, 0.25) is 0 Å². The molecule has 0 spiro atoms. The molecule has 0 radical (unpaired) electrons. The Kier molecular flexibility index (Phi) is 3.66. The number of methoxy groups -OCH3 is 1. The lowest BCUT2D eigenvalue weighted by Gasteiger charge is -2.11. The average molecular weight is 222 g/mol. The van der Waals surface area contributed by atoms with Gasteiger partial charge in [0.2, 0.25) is 0 Å². The molecule has 2 rings (SSSR count). The molecule has 0 aromatic carbocycles. The molecular formula is C13H22N2O. The van der Waals surface area contributed by atoms with Gasteiger partial charge in [0.15, 0.2) is 0 Å². The van der Waals surface area contributed by atoms with Crippen LogP contribution in [0, 0.1) is 0 Å². The zero-order valence-corrected chi connectivity index (χ0v) is 10.3. The van der Waals surface area contributed by atoms with Crippen LogP contribution in [-0.2, 0) is 17.7 Å². The first kappa shape index (κ1) is 11.7. The lowest BCUT2D eigenvalue weighted by Crippen LogP contribution is -2.13. The van der Waals surface area contributed by atoms with E-state index in [1.165, 1.54) is 30.4 Å². The van der Waals surface area contributed by atoms with Gasteiger partial charge >= 0.3 is 0 Å². The van der Waals surface area contributed by atoms with Crippen molar-refractivity contribution in [1.82, 2.24) is 4.57 Å². The van der Waals surface area contributed by atoms with Gasteiger partial charge in [0, 0.05) is 32.1 Å². The topological polar surface area (TPSA) is 40.2 Å². The quantitative estimate of drug-likeness (QED) is 0.797. The van der Waals surface area contributed by atoms with Gasteiger partial charge < -0.3 is 15.0 Å². The highest BCUT2D eigenvalue weighted by Crippen LogP contribution is 2.27. The van der Waals surface area contributed by atoms with E-state index in [2.05, 4.69) is 23.9 Å². The highest BCUT2D eigenvalue weighted by Gasteiger charge is 2.17. The van der Waals surface area contributed by atoms with Crippen LogP contribution in [0.25, 0.3) is 0 Å². The summed E-state index contributed by atoms with van der Waals surface area (Å²) >= 11 is 0. The van der Waals surface area contributed by atoms with Crippen molar-refractivity contribution >= 4 is 0 Å². The maximum Gasteiger partial charge on any atom is 0.0721 e. The molecule has 2 atom stereocenters. The normalized spacial score (nSPS) is 22.6. The Balaban J connectivity index is 2.15. The van der Waals surface area contributed by atoms with Gasteiger partial charge in [-0.2, -0.15) is 0 Å². The molecule has 1 aliphatic carbocycles. The molecule has 0 aliphatic heterocycles. The first-order valence-electron chi connectivity index (χ1n) is 6.17. The molecule has 0 bridgehead atoms. The molecule has 3 heteroatoms. The number of nitrogens with zero attached hydrogens (tertiary/aromatic N) is 1. The fraction of sp³-hybridized carbons (Fsp3) is 0.692. The molecule has 1 aromatic heterocycles. The lowest BCUT2D eigenvalue weighted by molar-refractivity contribution is 0.103. The number of ether oxygens (including phenoxy) is 1. The molecule has 0 saturated heterocycles. The van der Waals surface area contributed by atoms with Gasteiger partial charge in [0.25, 0.3) is 0 Å². The SMILES string of the molecule is COC(C)Cn1cc2c(c1)C(N)CCCC2. The fourth-order valence-electron chi connectivity index (χ4n) is 2.43. The van der Waals surface area contributed by atoms with Crippen LogP contribution in [0.5, 0.6) is 0 Å². The minimum absolute atomic E-state index is 0.233. The Morgan fingerprint density at radius 3 is 3.06 bits per heavy atom.